The van der Waals surface area contributed by atoms with Gasteiger partial charge >= 0.3 is 5.97 Å². The van der Waals surface area contributed by atoms with E-state index in [1.165, 1.54) is 25.4 Å². The van der Waals surface area contributed by atoms with Crippen molar-refractivity contribution in [3.63, 3.8) is 0 Å². The molecular weight excluding hydrogens is 226 g/mol. The van der Waals surface area contributed by atoms with E-state index in [1.807, 2.05) is 0 Å². The number of aliphatic hydroxyl groups excluding tert-OH is 3. The molecule has 0 radical (unpaired) electrons. The van der Waals surface area contributed by atoms with Gasteiger partial charge in [-0.1, -0.05) is 6.07 Å². The number of rotatable bonds is 5. The monoisotopic (exact) mass is 241 g/mol. The van der Waals surface area contributed by atoms with Crippen molar-refractivity contribution in [3.05, 3.63) is 29.6 Å². The van der Waals surface area contributed by atoms with Gasteiger partial charge in [0.1, 0.15) is 11.8 Å². The molecule has 1 heterocycles. The summed E-state index contributed by atoms with van der Waals surface area (Å²) in [4.78, 5) is 14.9. The Morgan fingerprint density at radius 3 is 2.65 bits per heavy atom. The molecule has 6 heteroatoms. The Kier molecular flexibility index (Phi) is 5.02. The van der Waals surface area contributed by atoms with Crippen molar-refractivity contribution in [2.75, 3.05) is 13.7 Å². The second-order valence-corrected chi connectivity index (χ2v) is 3.49. The van der Waals surface area contributed by atoms with Crippen LogP contribution in [0.1, 0.15) is 28.6 Å². The number of carbonyl (C=O) groups excluding carboxylic acids is 1. The maximum Gasteiger partial charge on any atom is 0.356 e. The van der Waals surface area contributed by atoms with Gasteiger partial charge in [0.2, 0.25) is 0 Å². The zero-order valence-corrected chi connectivity index (χ0v) is 9.41. The van der Waals surface area contributed by atoms with Crippen LogP contribution in [0.5, 0.6) is 0 Å². The summed E-state index contributed by atoms with van der Waals surface area (Å²) in [6, 6.07) is 2.88. The van der Waals surface area contributed by atoms with Gasteiger partial charge in [-0.25, -0.2) is 9.78 Å². The van der Waals surface area contributed by atoms with Crippen molar-refractivity contribution < 1.29 is 24.9 Å². The van der Waals surface area contributed by atoms with Crippen LogP contribution in [0, 0.1) is 0 Å². The van der Waals surface area contributed by atoms with Crippen molar-refractivity contribution in [1.82, 2.24) is 4.98 Å². The molecule has 0 fully saturated rings. The second-order valence-electron chi connectivity index (χ2n) is 3.49. The van der Waals surface area contributed by atoms with Crippen LogP contribution in [0.2, 0.25) is 0 Å². The van der Waals surface area contributed by atoms with E-state index in [2.05, 4.69) is 9.72 Å². The molecule has 1 aromatic rings. The molecule has 0 amide bonds. The quantitative estimate of drug-likeness (QED) is 0.609. The Morgan fingerprint density at radius 2 is 2.18 bits per heavy atom. The lowest BCUT2D eigenvalue weighted by Gasteiger charge is -2.16. The number of hydrogen-bond donors (Lipinski definition) is 3. The van der Waals surface area contributed by atoms with Crippen LogP contribution in [-0.4, -0.2) is 46.1 Å². The minimum absolute atomic E-state index is 0.0694. The topological polar surface area (TPSA) is 99.9 Å². The molecule has 0 saturated carbocycles. The molecule has 1 aromatic heterocycles. The average molecular weight is 241 g/mol. The summed E-state index contributed by atoms with van der Waals surface area (Å²) in [6.07, 6.45) is -0.843. The third-order valence-corrected chi connectivity index (χ3v) is 2.31. The zero-order valence-electron chi connectivity index (χ0n) is 9.41. The fourth-order valence-electron chi connectivity index (χ4n) is 1.32. The van der Waals surface area contributed by atoms with Gasteiger partial charge in [-0.05, 0) is 12.5 Å². The Balaban J connectivity index is 2.76. The molecule has 94 valence electrons. The number of carbonyl (C=O) groups is 1. The highest BCUT2D eigenvalue weighted by Gasteiger charge is 2.18. The third kappa shape index (κ3) is 3.48. The lowest BCUT2D eigenvalue weighted by molar-refractivity contribution is 0.00402. The molecule has 0 aliphatic heterocycles. The predicted octanol–water partition coefficient (Wildman–Crippen LogP) is -0.355. The van der Waals surface area contributed by atoms with Gasteiger partial charge in [-0.2, -0.15) is 0 Å². The summed E-state index contributed by atoms with van der Waals surface area (Å²) >= 11 is 0. The normalized spacial score (nSPS) is 14.1. The molecule has 17 heavy (non-hydrogen) atoms. The summed E-state index contributed by atoms with van der Waals surface area (Å²) in [5.41, 5.74) is 0.499. The predicted molar refractivity (Wildman–Crippen MR) is 58.2 cm³/mol. The molecule has 2 unspecified atom stereocenters. The summed E-state index contributed by atoms with van der Waals surface area (Å²) in [7, 11) is 1.25. The van der Waals surface area contributed by atoms with Crippen molar-refractivity contribution in [2.24, 2.45) is 0 Å². The van der Waals surface area contributed by atoms with Gasteiger partial charge in [0.05, 0.1) is 13.2 Å². The van der Waals surface area contributed by atoms with E-state index in [1.54, 1.807) is 0 Å². The second kappa shape index (κ2) is 6.29. The van der Waals surface area contributed by atoms with E-state index in [9.17, 15) is 15.0 Å². The number of aliphatic hydroxyl groups is 3. The minimum atomic E-state index is -1.14. The fourth-order valence-corrected chi connectivity index (χ4v) is 1.32. The molecule has 0 aliphatic rings. The lowest BCUT2D eigenvalue weighted by Crippen LogP contribution is -2.20. The van der Waals surface area contributed by atoms with E-state index in [4.69, 9.17) is 5.11 Å². The number of pyridine rings is 1. The maximum atomic E-state index is 11.1. The average Bonchev–Trinajstić information content (AvgIpc) is 2.37. The molecule has 0 bridgehead atoms. The van der Waals surface area contributed by atoms with Gasteiger partial charge in [-0.15, -0.1) is 0 Å². The highest BCUT2D eigenvalue weighted by atomic mass is 16.5. The molecule has 0 spiro atoms. The molecule has 0 aliphatic carbocycles. The highest BCUT2D eigenvalue weighted by molar-refractivity contribution is 5.86. The third-order valence-electron chi connectivity index (χ3n) is 2.31. The Morgan fingerprint density at radius 1 is 1.47 bits per heavy atom. The Hall–Kier alpha value is -1.50. The first kappa shape index (κ1) is 13.6. The first-order valence-electron chi connectivity index (χ1n) is 5.11. The molecule has 2 atom stereocenters. The first-order valence-corrected chi connectivity index (χ1v) is 5.11. The standard InChI is InChI=1S/C11H15NO5/c1-17-11(16)8-3-2-7(6-12-8)10(15)9(14)4-5-13/h2-3,6,9-10,13-15H,4-5H2,1H3. The summed E-state index contributed by atoms with van der Waals surface area (Å²) in [6.45, 7) is -0.216. The fraction of sp³-hybridized carbons (Fsp3) is 0.455. The van der Waals surface area contributed by atoms with E-state index >= 15 is 0 Å². The van der Waals surface area contributed by atoms with Crippen molar-refractivity contribution >= 4 is 5.97 Å². The van der Waals surface area contributed by atoms with Crippen LogP contribution < -0.4 is 0 Å². The molecule has 0 saturated heterocycles. The summed E-state index contributed by atoms with van der Waals surface area (Å²) < 4.78 is 4.48. The Labute approximate surface area is 98.5 Å². The maximum absolute atomic E-state index is 11.1. The van der Waals surface area contributed by atoms with Gasteiger partial charge < -0.3 is 20.1 Å². The van der Waals surface area contributed by atoms with Crippen LogP contribution in [0.15, 0.2) is 18.3 Å². The smallest absolute Gasteiger partial charge is 0.356 e. The van der Waals surface area contributed by atoms with Gasteiger partial charge in [0, 0.05) is 18.4 Å². The zero-order chi connectivity index (χ0) is 12.8. The van der Waals surface area contributed by atoms with E-state index in [0.717, 1.165) is 0 Å². The van der Waals surface area contributed by atoms with E-state index in [-0.39, 0.29) is 18.7 Å². The van der Waals surface area contributed by atoms with Gasteiger partial charge in [0.25, 0.3) is 0 Å². The molecular formula is C11H15NO5. The minimum Gasteiger partial charge on any atom is -0.464 e. The van der Waals surface area contributed by atoms with Crippen molar-refractivity contribution in [2.45, 2.75) is 18.6 Å². The van der Waals surface area contributed by atoms with Crippen LogP contribution in [-0.2, 0) is 4.74 Å². The van der Waals surface area contributed by atoms with E-state index in [0.29, 0.717) is 5.56 Å². The number of hydrogen-bond acceptors (Lipinski definition) is 6. The van der Waals surface area contributed by atoms with Crippen molar-refractivity contribution in [1.29, 1.82) is 0 Å². The summed E-state index contributed by atoms with van der Waals surface area (Å²) in [5.74, 6) is -0.568. The molecule has 3 N–H and O–H groups in total. The largest absolute Gasteiger partial charge is 0.464 e. The van der Waals surface area contributed by atoms with Gasteiger partial charge in [0.15, 0.2) is 0 Å². The number of esters is 1. The SMILES string of the molecule is COC(=O)c1ccc(C(O)C(O)CCO)cn1. The van der Waals surface area contributed by atoms with Crippen LogP contribution in [0.3, 0.4) is 0 Å². The molecule has 6 nitrogen and oxygen atoms in total. The lowest BCUT2D eigenvalue weighted by atomic mass is 10.0. The molecule has 0 aromatic carbocycles. The first-order chi connectivity index (χ1) is 8.10. The van der Waals surface area contributed by atoms with Gasteiger partial charge in [-0.3, -0.25) is 0 Å². The number of ether oxygens (including phenoxy) is 1. The van der Waals surface area contributed by atoms with Crippen molar-refractivity contribution in [3.8, 4) is 0 Å². The number of aromatic nitrogens is 1. The number of methoxy groups -OCH3 is 1. The number of nitrogens with zero attached hydrogens (tertiary/aromatic N) is 1. The van der Waals surface area contributed by atoms with Crippen LogP contribution >= 0.6 is 0 Å². The Bertz CT molecular complexity index is 365. The highest BCUT2D eigenvalue weighted by Crippen LogP contribution is 2.18. The van der Waals surface area contributed by atoms with E-state index < -0.39 is 18.2 Å². The molecule has 1 rings (SSSR count). The van der Waals surface area contributed by atoms with Crippen LogP contribution in [0.25, 0.3) is 0 Å². The van der Waals surface area contributed by atoms with Crippen LogP contribution in [0.4, 0.5) is 0 Å². The summed E-state index contributed by atoms with van der Waals surface area (Å²) in [5, 5.41) is 27.8.